The number of ether oxygens (including phenoxy) is 2. The number of nitrogens with two attached hydrogens (primary N) is 1. The molecule has 2 rings (SSSR count). The lowest BCUT2D eigenvalue weighted by Crippen LogP contribution is -2.31. The van der Waals surface area contributed by atoms with Gasteiger partial charge in [-0.2, -0.15) is 0 Å². The molecule has 1 aliphatic heterocycles. The third-order valence-corrected chi connectivity index (χ3v) is 3.33. The van der Waals surface area contributed by atoms with E-state index in [4.69, 9.17) is 15.2 Å². The summed E-state index contributed by atoms with van der Waals surface area (Å²) in [6, 6.07) is 7.64. The number of para-hydroxylation sites is 2. The highest BCUT2D eigenvalue weighted by atomic mass is 16.5. The summed E-state index contributed by atoms with van der Waals surface area (Å²) in [4.78, 5) is 2.45. The van der Waals surface area contributed by atoms with Crippen molar-refractivity contribution in [2.24, 2.45) is 0 Å². The van der Waals surface area contributed by atoms with Crippen molar-refractivity contribution in [1.82, 2.24) is 4.90 Å². The van der Waals surface area contributed by atoms with Gasteiger partial charge in [-0.25, -0.2) is 0 Å². The fourth-order valence-electron chi connectivity index (χ4n) is 2.37. The van der Waals surface area contributed by atoms with Crippen LogP contribution in [0, 0.1) is 0 Å². The monoisotopic (exact) mass is 264 g/mol. The van der Waals surface area contributed by atoms with E-state index in [1.807, 2.05) is 24.3 Å². The summed E-state index contributed by atoms with van der Waals surface area (Å²) < 4.78 is 11.3. The van der Waals surface area contributed by atoms with E-state index in [-0.39, 0.29) is 0 Å². The van der Waals surface area contributed by atoms with Crippen LogP contribution in [0.3, 0.4) is 0 Å². The molecule has 0 aliphatic carbocycles. The quantitative estimate of drug-likeness (QED) is 0.654. The Bertz CT molecular complexity index is 384. The van der Waals surface area contributed by atoms with Crippen molar-refractivity contribution in [3.8, 4) is 5.75 Å². The van der Waals surface area contributed by atoms with Crippen LogP contribution in [0.4, 0.5) is 5.69 Å². The van der Waals surface area contributed by atoms with Crippen molar-refractivity contribution in [1.29, 1.82) is 0 Å². The maximum absolute atomic E-state index is 5.83. The minimum Gasteiger partial charge on any atom is -0.491 e. The molecule has 0 radical (unpaired) electrons. The second-order valence-corrected chi connectivity index (χ2v) is 5.08. The Kier molecular flexibility index (Phi) is 5.48. The summed E-state index contributed by atoms with van der Waals surface area (Å²) >= 11 is 0. The van der Waals surface area contributed by atoms with Gasteiger partial charge < -0.3 is 20.1 Å². The first-order chi connectivity index (χ1) is 9.25. The Morgan fingerprint density at radius 2 is 2.26 bits per heavy atom. The van der Waals surface area contributed by atoms with E-state index in [1.54, 1.807) is 0 Å². The fourth-order valence-corrected chi connectivity index (χ4v) is 2.37. The first-order valence-electron chi connectivity index (χ1n) is 7.07. The summed E-state index contributed by atoms with van der Waals surface area (Å²) in [5.74, 6) is 0.787. The predicted octanol–water partition coefficient (Wildman–Crippen LogP) is 2.15. The number of anilines is 1. The van der Waals surface area contributed by atoms with Crippen LogP contribution < -0.4 is 10.5 Å². The Balaban J connectivity index is 1.67. The van der Waals surface area contributed by atoms with Crippen molar-refractivity contribution in [2.45, 2.75) is 25.9 Å². The zero-order chi connectivity index (χ0) is 13.5. The van der Waals surface area contributed by atoms with Crippen LogP contribution in [0.15, 0.2) is 24.3 Å². The van der Waals surface area contributed by atoms with Gasteiger partial charge in [0.2, 0.25) is 0 Å². The van der Waals surface area contributed by atoms with Gasteiger partial charge in [0.25, 0.3) is 0 Å². The highest BCUT2D eigenvalue weighted by Crippen LogP contribution is 2.19. The normalized spacial score (nSPS) is 21.0. The van der Waals surface area contributed by atoms with E-state index >= 15 is 0 Å². The second-order valence-electron chi connectivity index (χ2n) is 5.08. The van der Waals surface area contributed by atoms with Crippen LogP contribution in [0.1, 0.15) is 19.8 Å². The van der Waals surface area contributed by atoms with E-state index in [0.717, 1.165) is 44.8 Å². The molecule has 1 aliphatic rings. The van der Waals surface area contributed by atoms with Gasteiger partial charge in [-0.15, -0.1) is 0 Å². The molecule has 1 saturated heterocycles. The molecule has 1 unspecified atom stereocenters. The maximum Gasteiger partial charge on any atom is 0.142 e. The molecule has 0 spiro atoms. The van der Waals surface area contributed by atoms with Crippen molar-refractivity contribution in [3.05, 3.63) is 24.3 Å². The molecule has 1 heterocycles. The van der Waals surface area contributed by atoms with Gasteiger partial charge in [0.05, 0.1) is 18.4 Å². The lowest BCUT2D eigenvalue weighted by molar-refractivity contribution is 0.0670. The van der Waals surface area contributed by atoms with E-state index in [1.165, 1.54) is 0 Å². The van der Waals surface area contributed by atoms with Crippen molar-refractivity contribution >= 4 is 5.69 Å². The zero-order valence-electron chi connectivity index (χ0n) is 11.7. The molecular formula is C15H24N2O2. The van der Waals surface area contributed by atoms with E-state index in [2.05, 4.69) is 11.8 Å². The van der Waals surface area contributed by atoms with Crippen LogP contribution >= 0.6 is 0 Å². The summed E-state index contributed by atoms with van der Waals surface area (Å²) in [6.45, 7) is 6.93. The van der Waals surface area contributed by atoms with Gasteiger partial charge in [-0.3, -0.25) is 0 Å². The first kappa shape index (κ1) is 14.2. The van der Waals surface area contributed by atoms with Gasteiger partial charge >= 0.3 is 0 Å². The number of rotatable bonds is 5. The topological polar surface area (TPSA) is 47.7 Å². The van der Waals surface area contributed by atoms with Crippen LogP contribution in [0.5, 0.6) is 5.75 Å². The second kappa shape index (κ2) is 7.36. The van der Waals surface area contributed by atoms with Gasteiger partial charge in [0.15, 0.2) is 0 Å². The van der Waals surface area contributed by atoms with E-state index in [0.29, 0.717) is 18.4 Å². The van der Waals surface area contributed by atoms with Gasteiger partial charge in [0, 0.05) is 26.2 Å². The number of benzene rings is 1. The lowest BCUT2D eigenvalue weighted by atomic mass is 10.3. The molecular weight excluding hydrogens is 240 g/mol. The van der Waals surface area contributed by atoms with Crippen molar-refractivity contribution in [2.75, 3.05) is 38.6 Å². The molecule has 0 amide bonds. The molecule has 0 bridgehead atoms. The minimum atomic E-state index is 0.341. The molecule has 106 valence electrons. The molecule has 0 aromatic heterocycles. The molecule has 19 heavy (non-hydrogen) atoms. The fraction of sp³-hybridized carbons (Fsp3) is 0.600. The molecule has 1 aromatic carbocycles. The smallest absolute Gasteiger partial charge is 0.142 e. The summed E-state index contributed by atoms with van der Waals surface area (Å²) in [5.41, 5.74) is 6.54. The number of hydrogen-bond donors (Lipinski definition) is 1. The number of nitrogen functional groups attached to an aromatic ring is 1. The van der Waals surface area contributed by atoms with Crippen LogP contribution in [-0.4, -0.2) is 43.9 Å². The molecule has 4 heteroatoms. The third kappa shape index (κ3) is 4.73. The van der Waals surface area contributed by atoms with Crippen LogP contribution in [-0.2, 0) is 4.74 Å². The first-order valence-corrected chi connectivity index (χ1v) is 7.07. The minimum absolute atomic E-state index is 0.341. The Morgan fingerprint density at radius 1 is 1.42 bits per heavy atom. The summed E-state index contributed by atoms with van der Waals surface area (Å²) in [7, 11) is 0. The number of hydrogen-bond acceptors (Lipinski definition) is 4. The van der Waals surface area contributed by atoms with Crippen molar-refractivity contribution in [3.63, 3.8) is 0 Å². The molecule has 1 aromatic rings. The average Bonchev–Trinajstić information content (AvgIpc) is 2.61. The Labute approximate surface area is 115 Å². The molecule has 4 nitrogen and oxygen atoms in total. The van der Waals surface area contributed by atoms with Gasteiger partial charge in [0.1, 0.15) is 5.75 Å². The predicted molar refractivity (Wildman–Crippen MR) is 77.4 cm³/mol. The van der Waals surface area contributed by atoms with Crippen molar-refractivity contribution < 1.29 is 9.47 Å². The largest absolute Gasteiger partial charge is 0.491 e. The van der Waals surface area contributed by atoms with E-state index < -0.39 is 0 Å². The standard InChI is InChI=1S/C15H24N2O2/c1-13-12-17(8-4-10-18-13)9-5-11-19-15-7-3-2-6-14(15)16/h2-3,6-7,13H,4-5,8-12,16H2,1H3. The average molecular weight is 264 g/mol. The highest BCUT2D eigenvalue weighted by Gasteiger charge is 2.14. The SMILES string of the molecule is CC1CN(CCCOc2ccccc2N)CCCO1. The van der Waals surface area contributed by atoms with Crippen LogP contribution in [0.2, 0.25) is 0 Å². The Morgan fingerprint density at radius 3 is 3.11 bits per heavy atom. The summed E-state index contributed by atoms with van der Waals surface area (Å²) in [5, 5.41) is 0. The van der Waals surface area contributed by atoms with E-state index in [9.17, 15) is 0 Å². The Hall–Kier alpha value is -1.26. The molecule has 0 saturated carbocycles. The number of nitrogens with zero attached hydrogens (tertiary/aromatic N) is 1. The lowest BCUT2D eigenvalue weighted by Gasteiger charge is -2.21. The third-order valence-electron chi connectivity index (χ3n) is 3.33. The van der Waals surface area contributed by atoms with Crippen LogP contribution in [0.25, 0.3) is 0 Å². The molecule has 1 fully saturated rings. The summed E-state index contributed by atoms with van der Waals surface area (Å²) in [6.07, 6.45) is 2.48. The maximum atomic E-state index is 5.83. The van der Waals surface area contributed by atoms with Gasteiger partial charge in [-0.1, -0.05) is 12.1 Å². The van der Waals surface area contributed by atoms with Gasteiger partial charge in [-0.05, 0) is 31.9 Å². The molecule has 1 atom stereocenters. The zero-order valence-corrected chi connectivity index (χ0v) is 11.7. The highest BCUT2D eigenvalue weighted by molar-refractivity contribution is 5.51. The molecule has 2 N–H and O–H groups in total.